The van der Waals surface area contributed by atoms with E-state index in [1.54, 1.807) is 0 Å². The minimum absolute atomic E-state index is 0.356. The van der Waals surface area contributed by atoms with Crippen LogP contribution in [0.15, 0.2) is 0 Å². The van der Waals surface area contributed by atoms with E-state index in [-0.39, 0.29) is 0 Å². The number of aliphatic carboxylic acids is 1. The maximum atomic E-state index is 11.5. The lowest BCUT2D eigenvalue weighted by molar-refractivity contribution is -0.159. The van der Waals surface area contributed by atoms with Gasteiger partial charge in [0.05, 0.1) is 6.61 Å². The van der Waals surface area contributed by atoms with Gasteiger partial charge in [0.1, 0.15) is 5.41 Å². The fraction of sp³-hybridized carbons (Fsp3) is 0.923. The highest BCUT2D eigenvalue weighted by Crippen LogP contribution is 2.30. The standard InChI is InChI=1S/C13H25NO3/c1-4-7-14(11(2)3)9-13(12(15)16)6-5-8-17-10-13/h11H,4-10H2,1-3H3,(H,15,16). The average molecular weight is 243 g/mol. The molecule has 1 heterocycles. The van der Waals surface area contributed by atoms with Crippen molar-refractivity contribution in [2.75, 3.05) is 26.3 Å². The van der Waals surface area contributed by atoms with Crippen molar-refractivity contribution in [2.24, 2.45) is 5.41 Å². The van der Waals surface area contributed by atoms with Crippen LogP contribution in [0.4, 0.5) is 0 Å². The molecule has 1 N–H and O–H groups in total. The maximum absolute atomic E-state index is 11.5. The van der Waals surface area contributed by atoms with Crippen LogP contribution in [0, 0.1) is 5.41 Å². The highest BCUT2D eigenvalue weighted by Gasteiger charge is 2.42. The summed E-state index contributed by atoms with van der Waals surface area (Å²) in [5.41, 5.74) is -0.697. The molecule has 0 aromatic rings. The number of rotatable bonds is 6. The Balaban J connectivity index is 2.73. The molecule has 1 unspecified atom stereocenters. The first-order valence-corrected chi connectivity index (χ1v) is 6.57. The summed E-state index contributed by atoms with van der Waals surface area (Å²) in [5.74, 6) is -0.709. The normalized spacial score (nSPS) is 25.5. The Morgan fingerprint density at radius 3 is 2.65 bits per heavy atom. The summed E-state index contributed by atoms with van der Waals surface area (Å²) in [6.07, 6.45) is 2.63. The Morgan fingerprint density at radius 1 is 1.53 bits per heavy atom. The Bertz CT molecular complexity index is 247. The second-order valence-electron chi connectivity index (χ2n) is 5.31. The number of carbonyl (C=O) groups is 1. The minimum atomic E-state index is -0.709. The highest BCUT2D eigenvalue weighted by molar-refractivity contribution is 5.75. The van der Waals surface area contributed by atoms with Crippen molar-refractivity contribution >= 4 is 5.97 Å². The Labute approximate surface area is 104 Å². The van der Waals surface area contributed by atoms with Crippen molar-refractivity contribution in [1.82, 2.24) is 4.90 Å². The molecule has 0 saturated carbocycles. The van der Waals surface area contributed by atoms with Gasteiger partial charge in [-0.05, 0) is 39.7 Å². The summed E-state index contributed by atoms with van der Waals surface area (Å²) < 4.78 is 5.40. The van der Waals surface area contributed by atoms with E-state index in [2.05, 4.69) is 25.7 Å². The first-order chi connectivity index (χ1) is 8.02. The molecular formula is C13H25NO3. The zero-order chi connectivity index (χ0) is 12.9. The second kappa shape index (κ2) is 6.36. The van der Waals surface area contributed by atoms with Gasteiger partial charge in [0.25, 0.3) is 0 Å². The molecule has 100 valence electrons. The molecular weight excluding hydrogens is 218 g/mol. The number of nitrogens with zero attached hydrogens (tertiary/aromatic N) is 1. The lowest BCUT2D eigenvalue weighted by Crippen LogP contribution is -2.50. The maximum Gasteiger partial charge on any atom is 0.313 e. The molecule has 1 rings (SSSR count). The van der Waals surface area contributed by atoms with Gasteiger partial charge in [-0.25, -0.2) is 0 Å². The molecule has 4 heteroatoms. The van der Waals surface area contributed by atoms with Crippen LogP contribution < -0.4 is 0 Å². The predicted molar refractivity (Wildman–Crippen MR) is 67.1 cm³/mol. The van der Waals surface area contributed by atoms with Crippen molar-refractivity contribution in [3.63, 3.8) is 0 Å². The Hall–Kier alpha value is -0.610. The third kappa shape index (κ3) is 3.68. The van der Waals surface area contributed by atoms with E-state index in [4.69, 9.17) is 4.74 Å². The summed E-state index contributed by atoms with van der Waals surface area (Å²) in [5, 5.41) is 9.48. The van der Waals surface area contributed by atoms with Crippen molar-refractivity contribution in [2.45, 2.75) is 46.1 Å². The topological polar surface area (TPSA) is 49.8 Å². The van der Waals surface area contributed by atoms with E-state index in [1.807, 2.05) is 0 Å². The summed E-state index contributed by atoms with van der Waals surface area (Å²) in [6.45, 7) is 8.98. The zero-order valence-electron chi connectivity index (χ0n) is 11.2. The van der Waals surface area contributed by atoms with Gasteiger partial charge in [-0.1, -0.05) is 6.92 Å². The number of carboxylic acid groups (broad SMARTS) is 1. The molecule has 1 aliphatic rings. The van der Waals surface area contributed by atoms with Crippen molar-refractivity contribution in [3.8, 4) is 0 Å². The molecule has 17 heavy (non-hydrogen) atoms. The van der Waals surface area contributed by atoms with Gasteiger partial charge in [0, 0.05) is 19.2 Å². The van der Waals surface area contributed by atoms with Crippen LogP contribution in [-0.4, -0.2) is 48.3 Å². The SMILES string of the molecule is CCCN(CC1(C(=O)O)CCCOC1)C(C)C. The summed E-state index contributed by atoms with van der Waals surface area (Å²) >= 11 is 0. The van der Waals surface area contributed by atoms with Crippen LogP contribution in [-0.2, 0) is 9.53 Å². The molecule has 0 amide bonds. The minimum Gasteiger partial charge on any atom is -0.481 e. The van der Waals surface area contributed by atoms with Gasteiger partial charge in [-0.15, -0.1) is 0 Å². The van der Waals surface area contributed by atoms with Gasteiger partial charge in [-0.2, -0.15) is 0 Å². The molecule has 0 radical (unpaired) electrons. The quantitative estimate of drug-likeness (QED) is 0.775. The van der Waals surface area contributed by atoms with Crippen molar-refractivity contribution in [3.05, 3.63) is 0 Å². The van der Waals surface area contributed by atoms with Gasteiger partial charge < -0.3 is 9.84 Å². The molecule has 4 nitrogen and oxygen atoms in total. The first kappa shape index (κ1) is 14.5. The molecule has 0 bridgehead atoms. The molecule has 1 fully saturated rings. The van der Waals surface area contributed by atoms with Gasteiger partial charge in [0.2, 0.25) is 0 Å². The van der Waals surface area contributed by atoms with Crippen molar-refractivity contribution in [1.29, 1.82) is 0 Å². The number of hydrogen-bond donors (Lipinski definition) is 1. The van der Waals surface area contributed by atoms with Crippen LogP contribution >= 0.6 is 0 Å². The number of ether oxygens (including phenoxy) is 1. The third-order valence-corrected chi connectivity index (χ3v) is 3.52. The zero-order valence-corrected chi connectivity index (χ0v) is 11.2. The van der Waals surface area contributed by atoms with Crippen LogP contribution in [0.2, 0.25) is 0 Å². The van der Waals surface area contributed by atoms with E-state index in [0.29, 0.717) is 25.8 Å². The van der Waals surface area contributed by atoms with Crippen LogP contribution in [0.1, 0.15) is 40.0 Å². The molecule has 0 aliphatic carbocycles. The number of carboxylic acids is 1. The summed E-state index contributed by atoms with van der Waals surface area (Å²) in [6, 6.07) is 0.383. The average Bonchev–Trinajstić information content (AvgIpc) is 2.29. The second-order valence-corrected chi connectivity index (χ2v) is 5.31. The fourth-order valence-corrected chi connectivity index (χ4v) is 2.41. The monoisotopic (exact) mass is 243 g/mol. The largest absolute Gasteiger partial charge is 0.481 e. The lowest BCUT2D eigenvalue weighted by atomic mass is 9.81. The van der Waals surface area contributed by atoms with Gasteiger partial charge in [-0.3, -0.25) is 9.69 Å². The fourth-order valence-electron chi connectivity index (χ4n) is 2.41. The van der Waals surface area contributed by atoms with Crippen LogP contribution in [0.3, 0.4) is 0 Å². The summed E-state index contributed by atoms with van der Waals surface area (Å²) in [7, 11) is 0. The molecule has 1 saturated heterocycles. The predicted octanol–water partition coefficient (Wildman–Crippen LogP) is 1.99. The summed E-state index contributed by atoms with van der Waals surface area (Å²) in [4.78, 5) is 13.8. The van der Waals surface area contributed by atoms with E-state index in [9.17, 15) is 9.90 Å². The first-order valence-electron chi connectivity index (χ1n) is 6.57. The molecule has 0 aromatic heterocycles. The molecule has 0 aromatic carbocycles. The molecule has 1 aliphatic heterocycles. The van der Waals surface area contributed by atoms with Crippen LogP contribution in [0.5, 0.6) is 0 Å². The highest BCUT2D eigenvalue weighted by atomic mass is 16.5. The van der Waals surface area contributed by atoms with Crippen molar-refractivity contribution < 1.29 is 14.6 Å². The third-order valence-electron chi connectivity index (χ3n) is 3.52. The Morgan fingerprint density at radius 2 is 2.24 bits per heavy atom. The molecule has 1 atom stereocenters. The van der Waals surface area contributed by atoms with E-state index < -0.39 is 11.4 Å². The molecule has 0 spiro atoms. The smallest absolute Gasteiger partial charge is 0.313 e. The van der Waals surface area contributed by atoms with Gasteiger partial charge >= 0.3 is 5.97 Å². The van der Waals surface area contributed by atoms with E-state index in [1.165, 1.54) is 0 Å². The van der Waals surface area contributed by atoms with Crippen LogP contribution in [0.25, 0.3) is 0 Å². The number of hydrogen-bond acceptors (Lipinski definition) is 3. The van der Waals surface area contributed by atoms with E-state index in [0.717, 1.165) is 25.8 Å². The van der Waals surface area contributed by atoms with Gasteiger partial charge in [0.15, 0.2) is 0 Å². The lowest BCUT2D eigenvalue weighted by Gasteiger charge is -2.39. The Kier molecular flexibility index (Phi) is 5.40. The van der Waals surface area contributed by atoms with E-state index >= 15 is 0 Å².